The van der Waals surface area contributed by atoms with Gasteiger partial charge in [-0.1, -0.05) is 34.1 Å². The van der Waals surface area contributed by atoms with E-state index in [0.717, 1.165) is 10.2 Å². The van der Waals surface area contributed by atoms with Crippen molar-refractivity contribution in [3.63, 3.8) is 0 Å². The predicted octanol–water partition coefficient (Wildman–Crippen LogP) is 4.09. The van der Waals surface area contributed by atoms with Crippen molar-refractivity contribution >= 4 is 27.6 Å². The summed E-state index contributed by atoms with van der Waals surface area (Å²) in [6.45, 7) is 1.70. The molecule has 0 saturated heterocycles. The molecule has 110 valence electrons. The van der Waals surface area contributed by atoms with Crippen molar-refractivity contribution in [2.45, 2.75) is 12.5 Å². The molecular formula is C16H15BrFNO2. The number of carbonyl (C=O) groups is 1. The van der Waals surface area contributed by atoms with E-state index in [4.69, 9.17) is 4.74 Å². The van der Waals surface area contributed by atoms with Crippen molar-refractivity contribution < 1.29 is 13.9 Å². The van der Waals surface area contributed by atoms with Crippen LogP contribution in [0.3, 0.4) is 0 Å². The fourth-order valence-corrected chi connectivity index (χ4v) is 2.48. The summed E-state index contributed by atoms with van der Waals surface area (Å²) < 4.78 is 18.9. The molecule has 0 heterocycles. The van der Waals surface area contributed by atoms with Gasteiger partial charge < -0.3 is 10.1 Å². The third-order valence-electron chi connectivity index (χ3n) is 3.23. The Labute approximate surface area is 131 Å². The van der Waals surface area contributed by atoms with Gasteiger partial charge in [-0.05, 0) is 42.8 Å². The Hall–Kier alpha value is -1.88. The molecule has 0 fully saturated rings. The second-order valence-corrected chi connectivity index (χ2v) is 5.67. The standard InChI is InChI=1S/C16H15BrFNO2/c1-16(15(20)21-2,11-6-8-13(18)9-7-11)19-14-5-3-4-12(17)10-14/h3-10,19H,1-2H3. The third-order valence-corrected chi connectivity index (χ3v) is 3.73. The summed E-state index contributed by atoms with van der Waals surface area (Å²) in [5.41, 5.74) is 0.265. The number of halogens is 2. The van der Waals surface area contributed by atoms with Crippen LogP contribution in [0.2, 0.25) is 0 Å². The molecule has 2 rings (SSSR count). The van der Waals surface area contributed by atoms with Gasteiger partial charge in [0, 0.05) is 10.2 Å². The molecule has 1 unspecified atom stereocenters. The highest BCUT2D eigenvalue weighted by molar-refractivity contribution is 9.10. The van der Waals surface area contributed by atoms with Crippen LogP contribution >= 0.6 is 15.9 Å². The molecule has 5 heteroatoms. The number of benzene rings is 2. The second-order valence-electron chi connectivity index (χ2n) is 4.76. The van der Waals surface area contributed by atoms with Gasteiger partial charge in [0.25, 0.3) is 0 Å². The van der Waals surface area contributed by atoms with Crippen LogP contribution in [0, 0.1) is 5.82 Å². The van der Waals surface area contributed by atoms with E-state index < -0.39 is 11.5 Å². The molecule has 0 aromatic heterocycles. The first-order valence-electron chi connectivity index (χ1n) is 6.34. The number of hydrogen-bond acceptors (Lipinski definition) is 3. The van der Waals surface area contributed by atoms with E-state index in [1.165, 1.54) is 19.2 Å². The molecule has 0 aliphatic heterocycles. The van der Waals surface area contributed by atoms with E-state index in [0.29, 0.717) is 5.56 Å². The monoisotopic (exact) mass is 351 g/mol. The Morgan fingerprint density at radius 2 is 1.90 bits per heavy atom. The molecule has 2 aromatic rings. The summed E-state index contributed by atoms with van der Waals surface area (Å²) in [4.78, 5) is 12.2. The Kier molecular flexibility index (Phi) is 4.63. The first kappa shape index (κ1) is 15.5. The van der Waals surface area contributed by atoms with Crippen molar-refractivity contribution in [1.29, 1.82) is 0 Å². The SMILES string of the molecule is COC(=O)C(C)(Nc1cccc(Br)c1)c1ccc(F)cc1. The number of hydrogen-bond donors (Lipinski definition) is 1. The molecule has 0 amide bonds. The molecule has 21 heavy (non-hydrogen) atoms. The van der Waals surface area contributed by atoms with Crippen LogP contribution in [0.15, 0.2) is 53.0 Å². The minimum absolute atomic E-state index is 0.353. The molecule has 0 radical (unpaired) electrons. The lowest BCUT2D eigenvalue weighted by Gasteiger charge is -2.29. The fraction of sp³-hybridized carbons (Fsp3) is 0.188. The zero-order valence-corrected chi connectivity index (χ0v) is 13.3. The lowest BCUT2D eigenvalue weighted by Crippen LogP contribution is -2.41. The van der Waals surface area contributed by atoms with Gasteiger partial charge in [-0.3, -0.25) is 0 Å². The van der Waals surface area contributed by atoms with Crippen LogP contribution < -0.4 is 5.32 Å². The summed E-state index contributed by atoms with van der Waals surface area (Å²) in [5.74, 6) is -0.803. The summed E-state index contributed by atoms with van der Waals surface area (Å²) in [5, 5.41) is 3.16. The number of anilines is 1. The van der Waals surface area contributed by atoms with E-state index in [9.17, 15) is 9.18 Å². The Morgan fingerprint density at radius 1 is 1.24 bits per heavy atom. The van der Waals surface area contributed by atoms with E-state index in [-0.39, 0.29) is 5.82 Å². The van der Waals surface area contributed by atoms with Crippen molar-refractivity contribution in [2.75, 3.05) is 12.4 Å². The van der Waals surface area contributed by atoms with Gasteiger partial charge in [-0.15, -0.1) is 0 Å². The zero-order chi connectivity index (χ0) is 15.5. The summed E-state index contributed by atoms with van der Waals surface area (Å²) >= 11 is 3.38. The number of ether oxygens (including phenoxy) is 1. The maximum atomic E-state index is 13.1. The molecule has 2 aromatic carbocycles. The average molecular weight is 352 g/mol. The summed E-state index contributed by atoms with van der Waals surface area (Å²) in [7, 11) is 1.33. The number of esters is 1. The number of nitrogens with one attached hydrogen (secondary N) is 1. The average Bonchev–Trinajstić information content (AvgIpc) is 2.46. The first-order chi connectivity index (χ1) is 9.95. The Morgan fingerprint density at radius 3 is 2.48 bits per heavy atom. The molecule has 0 aliphatic carbocycles. The molecule has 1 atom stereocenters. The van der Waals surface area contributed by atoms with E-state index in [1.54, 1.807) is 19.1 Å². The van der Waals surface area contributed by atoms with Crippen LogP contribution in [0.4, 0.5) is 10.1 Å². The fourth-order valence-electron chi connectivity index (χ4n) is 2.08. The Bertz CT molecular complexity index is 645. The summed E-state index contributed by atoms with van der Waals surface area (Å²) in [6.07, 6.45) is 0. The van der Waals surface area contributed by atoms with Crippen molar-refractivity contribution in [3.05, 3.63) is 64.4 Å². The van der Waals surface area contributed by atoms with Crippen LogP contribution in [-0.2, 0) is 15.1 Å². The maximum absolute atomic E-state index is 13.1. The molecule has 1 N–H and O–H groups in total. The smallest absolute Gasteiger partial charge is 0.335 e. The quantitative estimate of drug-likeness (QED) is 0.843. The number of carbonyl (C=O) groups excluding carboxylic acids is 1. The highest BCUT2D eigenvalue weighted by Crippen LogP contribution is 2.29. The summed E-state index contributed by atoms with van der Waals surface area (Å²) in [6, 6.07) is 13.2. The highest BCUT2D eigenvalue weighted by Gasteiger charge is 2.36. The van der Waals surface area contributed by atoms with Crippen LogP contribution in [-0.4, -0.2) is 13.1 Å². The van der Waals surface area contributed by atoms with E-state index >= 15 is 0 Å². The predicted molar refractivity (Wildman–Crippen MR) is 83.5 cm³/mol. The largest absolute Gasteiger partial charge is 0.467 e. The molecular weight excluding hydrogens is 337 g/mol. The highest BCUT2D eigenvalue weighted by atomic mass is 79.9. The molecule has 0 spiro atoms. The lowest BCUT2D eigenvalue weighted by molar-refractivity contribution is -0.145. The van der Waals surface area contributed by atoms with Crippen molar-refractivity contribution in [1.82, 2.24) is 0 Å². The second kappa shape index (κ2) is 6.26. The van der Waals surface area contributed by atoms with Gasteiger partial charge in [0.2, 0.25) is 0 Å². The van der Waals surface area contributed by atoms with Gasteiger partial charge in [-0.25, -0.2) is 9.18 Å². The van der Waals surface area contributed by atoms with Crippen molar-refractivity contribution in [2.24, 2.45) is 0 Å². The normalized spacial score (nSPS) is 13.3. The zero-order valence-electron chi connectivity index (χ0n) is 11.7. The number of rotatable bonds is 4. The van der Waals surface area contributed by atoms with Crippen LogP contribution in [0.5, 0.6) is 0 Å². The minimum atomic E-state index is -1.11. The molecule has 3 nitrogen and oxygen atoms in total. The van der Waals surface area contributed by atoms with Gasteiger partial charge in [0.1, 0.15) is 5.82 Å². The Balaban J connectivity index is 2.42. The van der Waals surface area contributed by atoms with Gasteiger partial charge in [0.15, 0.2) is 5.54 Å². The molecule has 0 saturated carbocycles. The third kappa shape index (κ3) is 3.42. The van der Waals surface area contributed by atoms with Gasteiger partial charge >= 0.3 is 5.97 Å². The lowest BCUT2D eigenvalue weighted by atomic mass is 9.91. The van der Waals surface area contributed by atoms with E-state index in [1.807, 2.05) is 24.3 Å². The van der Waals surface area contributed by atoms with Crippen LogP contribution in [0.25, 0.3) is 0 Å². The molecule has 0 bridgehead atoms. The first-order valence-corrected chi connectivity index (χ1v) is 7.13. The van der Waals surface area contributed by atoms with Gasteiger partial charge in [-0.2, -0.15) is 0 Å². The topological polar surface area (TPSA) is 38.3 Å². The number of methoxy groups -OCH3 is 1. The van der Waals surface area contributed by atoms with Crippen LogP contribution in [0.1, 0.15) is 12.5 Å². The minimum Gasteiger partial charge on any atom is -0.467 e. The van der Waals surface area contributed by atoms with Gasteiger partial charge in [0.05, 0.1) is 7.11 Å². The maximum Gasteiger partial charge on any atom is 0.335 e. The van der Waals surface area contributed by atoms with Crippen molar-refractivity contribution in [3.8, 4) is 0 Å². The molecule has 0 aliphatic rings. The van der Waals surface area contributed by atoms with E-state index in [2.05, 4.69) is 21.2 Å².